The van der Waals surface area contributed by atoms with Crippen molar-refractivity contribution < 1.29 is 32.4 Å². The predicted octanol–water partition coefficient (Wildman–Crippen LogP) is 2.47. The number of nitro groups is 1. The van der Waals surface area contributed by atoms with E-state index in [-0.39, 0.29) is 11.4 Å². The van der Waals surface area contributed by atoms with E-state index in [1.807, 2.05) is 5.92 Å². The molecule has 1 aromatic carbocycles. The average molecular weight is 317 g/mol. The van der Waals surface area contributed by atoms with E-state index in [0.717, 1.165) is 19.1 Å². The Morgan fingerprint density at radius 3 is 2.32 bits per heavy atom. The third kappa shape index (κ3) is 4.66. The Bertz CT molecular complexity index is 606. The summed E-state index contributed by atoms with van der Waals surface area (Å²) < 4.78 is 45.8. The number of nitrogens with zero attached hydrogens (tertiary/aromatic N) is 1. The lowest BCUT2D eigenvalue weighted by molar-refractivity contribution is -0.384. The van der Waals surface area contributed by atoms with Gasteiger partial charge in [0.05, 0.1) is 4.92 Å². The number of carbonyl (C=O) groups excluding carboxylic acids is 1. The smallest absolute Gasteiger partial charge is 0.488 e. The van der Waals surface area contributed by atoms with Gasteiger partial charge in [0, 0.05) is 12.1 Å². The molecule has 0 bridgehead atoms. The Kier molecular flexibility index (Phi) is 4.98. The molecule has 9 heteroatoms. The van der Waals surface area contributed by atoms with E-state index >= 15 is 0 Å². The maximum absolute atomic E-state index is 12.2. The topological polar surface area (TPSA) is 78.7 Å². The van der Waals surface area contributed by atoms with E-state index < -0.39 is 29.3 Å². The summed E-state index contributed by atoms with van der Waals surface area (Å²) in [5.74, 6) is -0.405. The van der Waals surface area contributed by atoms with Gasteiger partial charge in [-0.15, -0.1) is 6.42 Å². The van der Waals surface area contributed by atoms with Crippen LogP contribution in [0.25, 0.3) is 0 Å². The molecule has 0 aliphatic carbocycles. The third-order valence-corrected chi connectivity index (χ3v) is 2.42. The van der Waals surface area contributed by atoms with Gasteiger partial charge in [0.15, 0.2) is 0 Å². The van der Waals surface area contributed by atoms with E-state index in [4.69, 9.17) is 11.2 Å². The fourth-order valence-electron chi connectivity index (χ4n) is 1.25. The molecule has 1 rings (SSSR count). The zero-order chi connectivity index (χ0) is 17.0. The van der Waals surface area contributed by atoms with Crippen LogP contribution in [-0.4, -0.2) is 29.3 Å². The highest BCUT2D eigenvalue weighted by atomic mass is 19.4. The highest BCUT2D eigenvalue weighted by Crippen LogP contribution is 2.23. The van der Waals surface area contributed by atoms with Gasteiger partial charge < -0.3 is 9.47 Å². The van der Waals surface area contributed by atoms with Crippen LogP contribution < -0.4 is 4.74 Å². The van der Waals surface area contributed by atoms with Crippen LogP contribution in [-0.2, 0) is 9.53 Å². The fraction of sp³-hybridized carbons (Fsp3) is 0.308. The largest absolute Gasteiger partial charge is 0.490 e. The number of benzene rings is 1. The number of hydrogen-bond donors (Lipinski definition) is 0. The van der Waals surface area contributed by atoms with Crippen LogP contribution in [0.3, 0.4) is 0 Å². The highest BCUT2D eigenvalue weighted by molar-refractivity contribution is 5.76. The van der Waals surface area contributed by atoms with Crippen molar-refractivity contribution in [1.29, 1.82) is 0 Å². The van der Waals surface area contributed by atoms with E-state index in [1.54, 1.807) is 0 Å². The Labute approximate surface area is 123 Å². The number of hydrogen-bond acceptors (Lipinski definition) is 5. The van der Waals surface area contributed by atoms with Crippen molar-refractivity contribution in [2.45, 2.75) is 18.7 Å². The molecule has 0 saturated carbocycles. The summed E-state index contributed by atoms with van der Waals surface area (Å²) in [5.41, 5.74) is -2.12. The molecule has 0 fully saturated rings. The van der Waals surface area contributed by atoms with Crippen LogP contribution >= 0.6 is 0 Å². The molecule has 0 heterocycles. The molecule has 6 nitrogen and oxygen atoms in total. The third-order valence-electron chi connectivity index (χ3n) is 2.42. The molecular weight excluding hydrogens is 307 g/mol. The monoisotopic (exact) mass is 317 g/mol. The van der Waals surface area contributed by atoms with Gasteiger partial charge in [-0.05, 0) is 19.1 Å². The number of nitro benzene ring substituents is 1. The van der Waals surface area contributed by atoms with Crippen LogP contribution in [0.4, 0.5) is 18.9 Å². The Morgan fingerprint density at radius 2 is 1.91 bits per heavy atom. The van der Waals surface area contributed by atoms with Gasteiger partial charge in [0.25, 0.3) is 5.69 Å². The predicted molar refractivity (Wildman–Crippen MR) is 68.0 cm³/mol. The minimum atomic E-state index is -5.18. The first-order valence-electron chi connectivity index (χ1n) is 5.72. The number of esters is 1. The van der Waals surface area contributed by atoms with Crippen molar-refractivity contribution in [1.82, 2.24) is 0 Å². The number of halogens is 3. The SMILES string of the molecule is C#CC(C)(COc1ccc([N+](=O)[O-])cc1)OC(=O)C(F)(F)F. The van der Waals surface area contributed by atoms with Crippen LogP contribution in [0.15, 0.2) is 24.3 Å². The molecule has 0 spiro atoms. The molecule has 0 radical (unpaired) electrons. The van der Waals surface area contributed by atoms with Crippen molar-refractivity contribution in [3.8, 4) is 18.1 Å². The van der Waals surface area contributed by atoms with Gasteiger partial charge in [-0.25, -0.2) is 4.79 Å². The van der Waals surface area contributed by atoms with Crippen molar-refractivity contribution in [2.75, 3.05) is 6.61 Å². The summed E-state index contributed by atoms with van der Waals surface area (Å²) in [6.07, 6.45) is -0.112. The average Bonchev–Trinajstić information content (AvgIpc) is 2.44. The second-order valence-electron chi connectivity index (χ2n) is 4.30. The van der Waals surface area contributed by atoms with Crippen molar-refractivity contribution in [2.24, 2.45) is 0 Å². The molecule has 118 valence electrons. The van der Waals surface area contributed by atoms with Gasteiger partial charge in [-0.2, -0.15) is 13.2 Å². The second-order valence-corrected chi connectivity index (χ2v) is 4.30. The maximum atomic E-state index is 12.2. The first-order chi connectivity index (χ1) is 10.1. The number of rotatable bonds is 5. The summed E-state index contributed by atoms with van der Waals surface area (Å²) in [4.78, 5) is 20.6. The minimum absolute atomic E-state index is 0.120. The van der Waals surface area contributed by atoms with Crippen molar-refractivity contribution >= 4 is 11.7 Å². The molecule has 0 aliphatic rings. The minimum Gasteiger partial charge on any atom is -0.488 e. The van der Waals surface area contributed by atoms with Gasteiger partial charge >= 0.3 is 12.1 Å². The summed E-state index contributed by atoms with van der Waals surface area (Å²) in [6, 6.07) is 4.76. The number of alkyl halides is 3. The zero-order valence-corrected chi connectivity index (χ0v) is 11.2. The summed E-state index contributed by atoms with van der Waals surface area (Å²) in [5, 5.41) is 10.5. The van der Waals surface area contributed by atoms with E-state index in [9.17, 15) is 28.1 Å². The summed E-state index contributed by atoms with van der Waals surface area (Å²) in [6.45, 7) is 0.519. The lowest BCUT2D eigenvalue weighted by Crippen LogP contribution is -2.41. The second kappa shape index (κ2) is 6.34. The molecule has 1 aromatic rings. The fourth-order valence-corrected chi connectivity index (χ4v) is 1.25. The van der Waals surface area contributed by atoms with Gasteiger partial charge in [0.1, 0.15) is 12.4 Å². The molecule has 1 unspecified atom stereocenters. The first-order valence-corrected chi connectivity index (χ1v) is 5.72. The van der Waals surface area contributed by atoms with Gasteiger partial charge in [0.2, 0.25) is 5.60 Å². The molecule has 0 N–H and O–H groups in total. The number of ether oxygens (including phenoxy) is 2. The lowest BCUT2D eigenvalue weighted by Gasteiger charge is -2.24. The zero-order valence-electron chi connectivity index (χ0n) is 11.2. The standard InChI is InChI=1S/C13H10F3NO5/c1-3-12(2,22-11(18)13(14,15)16)8-21-10-6-4-9(5-7-10)17(19)20/h1,4-7H,8H2,2H3. The first kappa shape index (κ1) is 17.3. The summed E-state index contributed by atoms with van der Waals surface area (Å²) in [7, 11) is 0. The number of non-ortho nitro benzene ring substituents is 1. The lowest BCUT2D eigenvalue weighted by atomic mass is 10.1. The van der Waals surface area contributed by atoms with E-state index in [0.29, 0.717) is 0 Å². The Hall–Kier alpha value is -2.76. The van der Waals surface area contributed by atoms with Crippen LogP contribution in [0, 0.1) is 22.5 Å². The number of carbonyl (C=O) groups is 1. The molecule has 0 amide bonds. The highest BCUT2D eigenvalue weighted by Gasteiger charge is 2.45. The van der Waals surface area contributed by atoms with Crippen LogP contribution in [0.1, 0.15) is 6.92 Å². The van der Waals surface area contributed by atoms with E-state index in [2.05, 4.69) is 4.74 Å². The van der Waals surface area contributed by atoms with E-state index in [1.165, 1.54) is 12.1 Å². The van der Waals surface area contributed by atoms with Gasteiger partial charge in [-0.3, -0.25) is 10.1 Å². The maximum Gasteiger partial charge on any atom is 0.490 e. The van der Waals surface area contributed by atoms with Gasteiger partial charge in [-0.1, -0.05) is 5.92 Å². The quantitative estimate of drug-likeness (QED) is 0.361. The molecule has 0 aromatic heterocycles. The molecule has 1 atom stereocenters. The normalized spacial score (nSPS) is 13.6. The Morgan fingerprint density at radius 1 is 1.36 bits per heavy atom. The molecule has 0 saturated heterocycles. The van der Waals surface area contributed by atoms with Crippen molar-refractivity contribution in [3.63, 3.8) is 0 Å². The molecule has 0 aliphatic heterocycles. The summed E-state index contributed by atoms with van der Waals surface area (Å²) >= 11 is 0. The van der Waals surface area contributed by atoms with Crippen LogP contribution in [0.2, 0.25) is 0 Å². The Balaban J connectivity index is 2.72. The molecular formula is C13H10F3NO5. The van der Waals surface area contributed by atoms with Crippen molar-refractivity contribution in [3.05, 3.63) is 34.4 Å². The van der Waals surface area contributed by atoms with Crippen LogP contribution in [0.5, 0.6) is 5.75 Å². The number of terminal acetylenes is 1. The molecule has 22 heavy (non-hydrogen) atoms.